The summed E-state index contributed by atoms with van der Waals surface area (Å²) in [7, 11) is -4.54. The van der Waals surface area contributed by atoms with Crippen LogP contribution in [-0.4, -0.2) is 38.0 Å². The van der Waals surface area contributed by atoms with Crippen molar-refractivity contribution < 1.29 is 22.4 Å². The molecule has 6 nitrogen and oxygen atoms in total. The third kappa shape index (κ3) is 4.00. The van der Waals surface area contributed by atoms with Crippen LogP contribution in [0.1, 0.15) is 47.4 Å². The summed E-state index contributed by atoms with van der Waals surface area (Å²) in [5, 5.41) is 0. The lowest BCUT2D eigenvalue weighted by molar-refractivity contribution is 0.0946. The number of nitrogens with one attached hydrogen (secondary N) is 1. The molecule has 1 N–H and O–H groups in total. The molecule has 1 aliphatic carbocycles. The monoisotopic (exact) mass is 430 g/mol. The fourth-order valence-corrected chi connectivity index (χ4v) is 4.88. The van der Waals surface area contributed by atoms with E-state index in [4.69, 9.17) is 0 Å². The summed E-state index contributed by atoms with van der Waals surface area (Å²) < 4.78 is 42.8. The van der Waals surface area contributed by atoms with Gasteiger partial charge < -0.3 is 4.90 Å². The minimum atomic E-state index is -4.54. The van der Waals surface area contributed by atoms with Gasteiger partial charge in [-0.2, -0.15) is 0 Å². The van der Waals surface area contributed by atoms with Gasteiger partial charge in [0.15, 0.2) is 4.91 Å². The molecule has 0 amide bonds. The van der Waals surface area contributed by atoms with Crippen LogP contribution in [0.3, 0.4) is 0 Å². The minimum Gasteiger partial charge on any atom is -0.367 e. The van der Waals surface area contributed by atoms with Gasteiger partial charge in [-0.1, -0.05) is 50.2 Å². The number of halogens is 1. The van der Waals surface area contributed by atoms with Gasteiger partial charge in [-0.25, -0.2) is 12.8 Å². The van der Waals surface area contributed by atoms with E-state index in [1.165, 1.54) is 30.3 Å². The van der Waals surface area contributed by atoms with Crippen LogP contribution >= 0.6 is 0 Å². The van der Waals surface area contributed by atoms with Gasteiger partial charge in [0, 0.05) is 24.2 Å². The lowest BCUT2D eigenvalue weighted by Gasteiger charge is -2.31. The maximum absolute atomic E-state index is 14.1. The molecule has 2 aromatic rings. The third-order valence-corrected chi connectivity index (χ3v) is 6.15. The van der Waals surface area contributed by atoms with E-state index in [1.807, 2.05) is 13.8 Å². The molecule has 0 unspecified atom stereocenters. The van der Waals surface area contributed by atoms with Crippen LogP contribution < -0.4 is 4.72 Å². The molecule has 0 aliphatic heterocycles. The van der Waals surface area contributed by atoms with Gasteiger partial charge in [0.1, 0.15) is 11.5 Å². The lowest BCUT2D eigenvalue weighted by atomic mass is 9.91. The van der Waals surface area contributed by atoms with E-state index in [-0.39, 0.29) is 22.5 Å². The van der Waals surface area contributed by atoms with Crippen molar-refractivity contribution in [1.29, 1.82) is 0 Å². The Bertz CT molecular complexity index is 1120. The van der Waals surface area contributed by atoms with E-state index >= 15 is 0 Å². The van der Waals surface area contributed by atoms with Gasteiger partial charge in [0.25, 0.3) is 10.0 Å². The summed E-state index contributed by atoms with van der Waals surface area (Å²) in [6.07, 6.45) is 1.31. The summed E-state index contributed by atoms with van der Waals surface area (Å²) in [4.78, 5) is 27.6. The lowest BCUT2D eigenvalue weighted by Crippen LogP contribution is -2.38. The SMILES string of the molecule is CCCN(CCC)C1=C(S(=O)(=O)Nc2ccccc2F)C(=O)c2ccccc2C1=O. The standard InChI is InChI=1S/C22H23FN2O4S/c1-3-13-25(14-4-2)19-20(26)15-9-5-6-10-16(15)21(27)22(19)30(28,29)24-18-12-8-7-11-17(18)23/h5-12,24H,3-4,13-14H2,1-2H3. The first-order valence-electron chi connectivity index (χ1n) is 9.76. The zero-order valence-electron chi connectivity index (χ0n) is 16.8. The number of hydrogen-bond donors (Lipinski definition) is 1. The van der Waals surface area contributed by atoms with Gasteiger partial charge in [-0.05, 0) is 25.0 Å². The molecule has 0 saturated heterocycles. The molecule has 1 aliphatic rings. The van der Waals surface area contributed by atoms with Gasteiger partial charge in [-0.15, -0.1) is 0 Å². The van der Waals surface area contributed by atoms with Crippen molar-refractivity contribution in [2.75, 3.05) is 17.8 Å². The van der Waals surface area contributed by atoms with Gasteiger partial charge >= 0.3 is 0 Å². The van der Waals surface area contributed by atoms with Crippen molar-refractivity contribution in [3.8, 4) is 0 Å². The van der Waals surface area contributed by atoms with Gasteiger partial charge in [0.2, 0.25) is 11.6 Å². The number of ketones is 2. The fourth-order valence-electron chi connectivity index (χ4n) is 3.49. The first-order chi connectivity index (χ1) is 14.3. The Morgan fingerprint density at radius 1 is 0.867 bits per heavy atom. The Hall–Kier alpha value is -3.00. The number of nitrogens with zero attached hydrogens (tertiary/aromatic N) is 1. The maximum atomic E-state index is 14.1. The van der Waals surface area contributed by atoms with Crippen LogP contribution in [0.15, 0.2) is 59.1 Å². The van der Waals surface area contributed by atoms with E-state index in [2.05, 4.69) is 4.72 Å². The number of carbonyl (C=O) groups is 2. The molecule has 8 heteroatoms. The van der Waals surface area contributed by atoms with Crippen molar-refractivity contribution in [1.82, 2.24) is 4.90 Å². The highest BCUT2D eigenvalue weighted by Crippen LogP contribution is 2.32. The summed E-state index contributed by atoms with van der Waals surface area (Å²) in [6.45, 7) is 4.61. The second-order valence-corrected chi connectivity index (χ2v) is 8.57. The number of carbonyl (C=O) groups excluding carboxylic acids is 2. The van der Waals surface area contributed by atoms with Crippen LogP contribution in [0.4, 0.5) is 10.1 Å². The molecule has 3 rings (SSSR count). The van der Waals surface area contributed by atoms with Crippen LogP contribution in [0, 0.1) is 5.82 Å². The van der Waals surface area contributed by atoms with E-state index in [0.29, 0.717) is 25.9 Å². The number of allylic oxidation sites excluding steroid dienone is 2. The Morgan fingerprint density at radius 3 is 1.97 bits per heavy atom. The summed E-state index contributed by atoms with van der Waals surface area (Å²) in [6, 6.07) is 11.4. The first-order valence-corrected chi connectivity index (χ1v) is 11.2. The molecule has 0 atom stereocenters. The topological polar surface area (TPSA) is 83.6 Å². The maximum Gasteiger partial charge on any atom is 0.268 e. The normalized spacial score (nSPS) is 14.0. The summed E-state index contributed by atoms with van der Waals surface area (Å²) in [5.41, 5.74) is -0.264. The molecule has 0 fully saturated rings. The largest absolute Gasteiger partial charge is 0.367 e. The van der Waals surface area contributed by atoms with E-state index in [1.54, 1.807) is 17.0 Å². The number of anilines is 1. The predicted octanol–water partition coefficient (Wildman–Crippen LogP) is 3.98. The molecule has 0 radical (unpaired) electrons. The minimum absolute atomic E-state index is 0.0214. The molecule has 30 heavy (non-hydrogen) atoms. The van der Waals surface area contributed by atoms with Crippen molar-refractivity contribution in [3.05, 3.63) is 76.1 Å². The molecule has 0 bridgehead atoms. The highest BCUT2D eigenvalue weighted by molar-refractivity contribution is 7.97. The van der Waals surface area contributed by atoms with Crippen molar-refractivity contribution in [3.63, 3.8) is 0 Å². The number of Topliss-reactive ketones (excluding diaryl/α,β-unsaturated/α-hetero) is 2. The molecule has 0 saturated carbocycles. The van der Waals surface area contributed by atoms with Gasteiger partial charge in [0.05, 0.1) is 5.69 Å². The first kappa shape index (κ1) is 21.7. The molecule has 0 aromatic heterocycles. The quantitative estimate of drug-likeness (QED) is 0.685. The zero-order valence-corrected chi connectivity index (χ0v) is 17.6. The molecule has 2 aromatic carbocycles. The predicted molar refractivity (Wildman–Crippen MR) is 113 cm³/mol. The van der Waals surface area contributed by atoms with Crippen LogP contribution in [0.5, 0.6) is 0 Å². The number of fused-ring (bicyclic) bond motifs is 1. The smallest absolute Gasteiger partial charge is 0.268 e. The second-order valence-electron chi connectivity index (χ2n) is 6.95. The van der Waals surface area contributed by atoms with Crippen molar-refractivity contribution in [2.24, 2.45) is 0 Å². The fraction of sp³-hybridized carbons (Fsp3) is 0.273. The average Bonchev–Trinajstić information content (AvgIpc) is 2.72. The molecule has 158 valence electrons. The third-order valence-electron chi connectivity index (χ3n) is 4.74. The molecule has 0 heterocycles. The van der Waals surface area contributed by atoms with Crippen LogP contribution in [-0.2, 0) is 10.0 Å². The number of rotatable bonds is 8. The van der Waals surface area contributed by atoms with Crippen LogP contribution in [0.25, 0.3) is 0 Å². The zero-order chi connectivity index (χ0) is 21.9. The Kier molecular flexibility index (Phi) is 6.36. The molecular weight excluding hydrogens is 407 g/mol. The second kappa shape index (κ2) is 8.79. The van der Waals surface area contributed by atoms with Gasteiger partial charge in [-0.3, -0.25) is 14.3 Å². The Balaban J connectivity index is 2.23. The van der Waals surface area contributed by atoms with E-state index in [0.717, 1.165) is 6.07 Å². The van der Waals surface area contributed by atoms with Crippen molar-refractivity contribution in [2.45, 2.75) is 26.7 Å². The van der Waals surface area contributed by atoms with Crippen LogP contribution in [0.2, 0.25) is 0 Å². The van der Waals surface area contributed by atoms with E-state index in [9.17, 15) is 22.4 Å². The summed E-state index contributed by atoms with van der Waals surface area (Å²) in [5.74, 6) is -2.08. The summed E-state index contributed by atoms with van der Waals surface area (Å²) >= 11 is 0. The highest BCUT2D eigenvalue weighted by atomic mass is 32.2. The number of hydrogen-bond acceptors (Lipinski definition) is 5. The Labute approximate surface area is 175 Å². The molecular formula is C22H23FN2O4S. The number of benzene rings is 2. The van der Waals surface area contributed by atoms with E-state index < -0.39 is 32.3 Å². The average molecular weight is 431 g/mol. The highest BCUT2D eigenvalue weighted by Gasteiger charge is 2.41. The number of sulfonamides is 1. The molecule has 0 spiro atoms. The number of para-hydroxylation sites is 1. The Morgan fingerprint density at radius 2 is 1.40 bits per heavy atom. The van der Waals surface area contributed by atoms with Crippen molar-refractivity contribution >= 4 is 27.3 Å².